The minimum absolute atomic E-state index is 0.234. The van der Waals surface area contributed by atoms with Crippen molar-refractivity contribution in [3.63, 3.8) is 0 Å². The number of rotatable bonds is 8. The van der Waals surface area contributed by atoms with Crippen LogP contribution in [0, 0.1) is 0 Å². The average molecular weight is 247 g/mol. The molecule has 2 N–H and O–H groups in total. The van der Waals surface area contributed by atoms with Gasteiger partial charge in [-0.25, -0.2) is 4.98 Å². The minimum atomic E-state index is 0.234. The summed E-state index contributed by atoms with van der Waals surface area (Å²) in [6, 6.07) is 0.365. The fourth-order valence-corrected chi connectivity index (χ4v) is 2.72. The molecule has 0 saturated heterocycles. The molecule has 0 aliphatic heterocycles. The lowest BCUT2D eigenvalue weighted by Gasteiger charge is -2.15. The molecule has 0 fully saturated rings. The zero-order chi connectivity index (χ0) is 10.9. The Morgan fingerprint density at radius 3 is 3.13 bits per heavy atom. The van der Waals surface area contributed by atoms with Gasteiger partial charge in [-0.2, -0.15) is 4.37 Å². The molecule has 0 aliphatic carbocycles. The number of aromatic nitrogens is 2. The van der Waals surface area contributed by atoms with Crippen LogP contribution < -0.4 is 5.32 Å². The molecule has 1 rings (SSSR count). The van der Waals surface area contributed by atoms with E-state index in [-0.39, 0.29) is 6.61 Å². The van der Waals surface area contributed by atoms with E-state index < -0.39 is 0 Å². The van der Waals surface area contributed by atoms with Gasteiger partial charge in [0.25, 0.3) is 0 Å². The van der Waals surface area contributed by atoms with Crippen LogP contribution in [-0.2, 0) is 0 Å². The highest BCUT2D eigenvalue weighted by molar-refractivity contribution is 8.00. The summed E-state index contributed by atoms with van der Waals surface area (Å²) in [5, 5.41) is 12.3. The fraction of sp³-hybridized carbons (Fsp3) is 0.778. The number of aliphatic hydroxyl groups is 1. The smallest absolute Gasteiger partial charge is 0.169 e. The van der Waals surface area contributed by atoms with Gasteiger partial charge in [0.2, 0.25) is 0 Å². The molecular formula is C9H17N3OS2. The molecule has 1 unspecified atom stereocenters. The van der Waals surface area contributed by atoms with Crippen LogP contribution in [0.5, 0.6) is 0 Å². The number of nitrogens with one attached hydrogen (secondary N) is 1. The normalized spacial score (nSPS) is 12.9. The molecule has 1 atom stereocenters. The predicted molar refractivity (Wildman–Crippen MR) is 64.4 cm³/mol. The topological polar surface area (TPSA) is 58.0 Å². The minimum Gasteiger partial charge on any atom is -0.396 e. The number of hydrogen-bond donors (Lipinski definition) is 2. The zero-order valence-electron chi connectivity index (χ0n) is 8.85. The van der Waals surface area contributed by atoms with E-state index in [1.54, 1.807) is 18.1 Å². The number of aliphatic hydroxyl groups excluding tert-OH is 1. The van der Waals surface area contributed by atoms with Gasteiger partial charge in [-0.3, -0.25) is 0 Å². The Kier molecular flexibility index (Phi) is 6.91. The van der Waals surface area contributed by atoms with Crippen LogP contribution >= 0.6 is 23.3 Å². The van der Waals surface area contributed by atoms with Gasteiger partial charge in [0.15, 0.2) is 4.34 Å². The number of hydrogen-bond acceptors (Lipinski definition) is 6. The second kappa shape index (κ2) is 8.04. The molecule has 6 heteroatoms. The lowest BCUT2D eigenvalue weighted by molar-refractivity contribution is 0.270. The summed E-state index contributed by atoms with van der Waals surface area (Å²) in [6.07, 6.45) is 3.49. The maximum absolute atomic E-state index is 8.92. The van der Waals surface area contributed by atoms with Gasteiger partial charge in [0, 0.05) is 18.4 Å². The highest BCUT2D eigenvalue weighted by atomic mass is 32.2. The second-order valence-electron chi connectivity index (χ2n) is 3.18. The first kappa shape index (κ1) is 12.9. The van der Waals surface area contributed by atoms with Gasteiger partial charge >= 0.3 is 0 Å². The molecule has 0 spiro atoms. The van der Waals surface area contributed by atoms with E-state index in [9.17, 15) is 0 Å². The third kappa shape index (κ3) is 5.46. The largest absolute Gasteiger partial charge is 0.396 e. The van der Waals surface area contributed by atoms with Crippen molar-refractivity contribution in [3.8, 4) is 0 Å². The van der Waals surface area contributed by atoms with Gasteiger partial charge in [-0.1, -0.05) is 18.7 Å². The number of nitrogens with zero attached hydrogens (tertiary/aromatic N) is 2. The van der Waals surface area contributed by atoms with Crippen molar-refractivity contribution < 1.29 is 5.11 Å². The second-order valence-corrected chi connectivity index (χ2v) is 5.23. The molecule has 1 aromatic rings. The van der Waals surface area contributed by atoms with E-state index in [2.05, 4.69) is 21.6 Å². The van der Waals surface area contributed by atoms with E-state index in [0.717, 1.165) is 29.5 Å². The Labute approximate surface area is 98.7 Å². The molecule has 0 aliphatic rings. The third-order valence-electron chi connectivity index (χ3n) is 1.91. The van der Waals surface area contributed by atoms with Crippen LogP contribution in [0.2, 0.25) is 0 Å². The van der Waals surface area contributed by atoms with Gasteiger partial charge in [0.1, 0.15) is 6.33 Å². The van der Waals surface area contributed by atoms with Gasteiger partial charge in [0.05, 0.1) is 0 Å². The van der Waals surface area contributed by atoms with Crippen molar-refractivity contribution in [2.24, 2.45) is 0 Å². The SMILES string of the molecule is CCCNC(CCO)CSc1ncns1. The standard InChI is InChI=1S/C9H17N3OS2/c1-2-4-10-8(3-5-13)6-14-9-11-7-12-15-9/h7-8,10,13H,2-6H2,1H3. The quantitative estimate of drug-likeness (QED) is 0.680. The van der Waals surface area contributed by atoms with Crippen LogP contribution in [0.4, 0.5) is 0 Å². The summed E-state index contributed by atoms with van der Waals surface area (Å²) in [5.41, 5.74) is 0. The van der Waals surface area contributed by atoms with Gasteiger partial charge in [-0.15, -0.1) is 0 Å². The third-order valence-corrected chi connectivity index (χ3v) is 3.87. The molecule has 86 valence electrons. The van der Waals surface area contributed by atoms with E-state index >= 15 is 0 Å². The van der Waals surface area contributed by atoms with Crippen LogP contribution in [0.1, 0.15) is 19.8 Å². The Morgan fingerprint density at radius 2 is 2.53 bits per heavy atom. The molecule has 15 heavy (non-hydrogen) atoms. The summed E-state index contributed by atoms with van der Waals surface area (Å²) in [4.78, 5) is 4.11. The first-order valence-electron chi connectivity index (χ1n) is 5.10. The summed E-state index contributed by atoms with van der Waals surface area (Å²) in [6.45, 7) is 3.38. The fourth-order valence-electron chi connectivity index (χ4n) is 1.15. The molecule has 0 aromatic carbocycles. The van der Waals surface area contributed by atoms with E-state index in [1.807, 2.05) is 0 Å². The zero-order valence-corrected chi connectivity index (χ0v) is 10.5. The summed E-state index contributed by atoms with van der Waals surface area (Å²) < 4.78 is 4.94. The monoisotopic (exact) mass is 247 g/mol. The van der Waals surface area contributed by atoms with Gasteiger partial charge < -0.3 is 10.4 Å². The average Bonchev–Trinajstić information content (AvgIpc) is 2.75. The van der Waals surface area contributed by atoms with Crippen molar-refractivity contribution in [2.75, 3.05) is 18.9 Å². The Bertz CT molecular complexity index is 244. The molecule has 0 bridgehead atoms. The Morgan fingerprint density at radius 1 is 1.67 bits per heavy atom. The van der Waals surface area contributed by atoms with Crippen molar-refractivity contribution in [1.82, 2.24) is 14.7 Å². The van der Waals surface area contributed by atoms with Crippen LogP contribution in [0.25, 0.3) is 0 Å². The van der Waals surface area contributed by atoms with E-state index in [0.29, 0.717) is 6.04 Å². The first-order valence-corrected chi connectivity index (χ1v) is 6.86. The van der Waals surface area contributed by atoms with Crippen molar-refractivity contribution in [2.45, 2.75) is 30.1 Å². The van der Waals surface area contributed by atoms with Crippen LogP contribution in [0.3, 0.4) is 0 Å². The Balaban J connectivity index is 2.24. The van der Waals surface area contributed by atoms with Crippen molar-refractivity contribution in [3.05, 3.63) is 6.33 Å². The maximum Gasteiger partial charge on any atom is 0.169 e. The van der Waals surface area contributed by atoms with E-state index in [4.69, 9.17) is 5.11 Å². The predicted octanol–water partition coefficient (Wildman–Crippen LogP) is 1.38. The van der Waals surface area contributed by atoms with Crippen LogP contribution in [-0.4, -0.2) is 39.4 Å². The molecule has 0 saturated carbocycles. The molecule has 0 amide bonds. The van der Waals surface area contributed by atoms with Gasteiger partial charge in [-0.05, 0) is 30.9 Å². The Hall–Kier alpha value is -0.170. The summed E-state index contributed by atoms with van der Waals surface area (Å²) >= 11 is 3.12. The van der Waals surface area contributed by atoms with Crippen molar-refractivity contribution >= 4 is 23.3 Å². The summed E-state index contributed by atoms with van der Waals surface area (Å²) in [7, 11) is 0. The highest BCUT2D eigenvalue weighted by Gasteiger charge is 2.08. The lowest BCUT2D eigenvalue weighted by atomic mass is 10.2. The van der Waals surface area contributed by atoms with Crippen molar-refractivity contribution in [1.29, 1.82) is 0 Å². The number of thioether (sulfide) groups is 1. The molecule has 1 aromatic heterocycles. The molecule has 1 heterocycles. The maximum atomic E-state index is 8.92. The first-order chi connectivity index (χ1) is 7.36. The van der Waals surface area contributed by atoms with Crippen LogP contribution in [0.15, 0.2) is 10.7 Å². The molecule has 4 nitrogen and oxygen atoms in total. The lowest BCUT2D eigenvalue weighted by Crippen LogP contribution is -2.32. The highest BCUT2D eigenvalue weighted by Crippen LogP contribution is 2.19. The van der Waals surface area contributed by atoms with E-state index in [1.165, 1.54) is 11.5 Å². The summed E-state index contributed by atoms with van der Waals surface area (Å²) in [5.74, 6) is 0.940. The molecular weight excluding hydrogens is 230 g/mol. The molecule has 0 radical (unpaired) electrons.